The highest BCUT2D eigenvalue weighted by Gasteiger charge is 2.27. The minimum absolute atomic E-state index is 0.153. The van der Waals surface area contributed by atoms with Gasteiger partial charge in [-0.2, -0.15) is 11.8 Å². The topological polar surface area (TPSA) is 138 Å². The van der Waals surface area contributed by atoms with Gasteiger partial charge in [-0.05, 0) is 43.3 Å². The van der Waals surface area contributed by atoms with Crippen molar-refractivity contribution in [3.63, 3.8) is 0 Å². The molecule has 3 aromatic heterocycles. The number of thioether (sulfide) groups is 1. The van der Waals surface area contributed by atoms with E-state index >= 15 is 0 Å². The Kier molecular flexibility index (Phi) is 7.69. The van der Waals surface area contributed by atoms with Crippen LogP contribution in [0.2, 0.25) is 0 Å². The van der Waals surface area contributed by atoms with Gasteiger partial charge in [0.05, 0.1) is 5.56 Å². The summed E-state index contributed by atoms with van der Waals surface area (Å²) in [5.41, 5.74) is 8.53. The molecule has 0 spiro atoms. The number of hydrogen-bond donors (Lipinski definition) is 3. The Morgan fingerprint density at radius 2 is 1.22 bits per heavy atom. The number of nitrogens with zero attached hydrogens (tertiary/aromatic N) is 6. The third kappa shape index (κ3) is 5.25. The molecule has 0 fully saturated rings. The Labute approximate surface area is 292 Å². The van der Waals surface area contributed by atoms with E-state index in [1.54, 1.807) is 0 Å². The fraction of sp³-hybridized carbons (Fsp3) is 0.205. The van der Waals surface area contributed by atoms with Gasteiger partial charge in [0.25, 0.3) is 5.91 Å². The van der Waals surface area contributed by atoms with Crippen molar-refractivity contribution in [2.45, 2.75) is 32.6 Å². The lowest BCUT2D eigenvalue weighted by Gasteiger charge is -2.09. The summed E-state index contributed by atoms with van der Waals surface area (Å²) in [6, 6.07) is 21.7. The zero-order valence-electron chi connectivity index (χ0n) is 27.5. The first kappa shape index (κ1) is 30.4. The first-order valence-corrected chi connectivity index (χ1v) is 18.2. The molecule has 0 saturated heterocycles. The monoisotopic (exact) mass is 675 g/mol. The van der Waals surface area contributed by atoms with Crippen molar-refractivity contribution in [3.05, 3.63) is 95.6 Å². The molecule has 0 unspecified atom stereocenters. The maximum absolute atomic E-state index is 13.8. The van der Waals surface area contributed by atoms with E-state index in [4.69, 9.17) is 29.9 Å². The van der Waals surface area contributed by atoms with Crippen molar-refractivity contribution in [1.29, 1.82) is 0 Å². The molecule has 11 heteroatoms. The molecule has 0 radical (unpaired) electrons. The highest BCUT2D eigenvalue weighted by atomic mass is 32.2. The highest BCUT2D eigenvalue weighted by Crippen LogP contribution is 2.38. The van der Waals surface area contributed by atoms with Crippen LogP contribution < -0.4 is 5.32 Å². The zero-order chi connectivity index (χ0) is 33.6. The number of aromatic nitrogens is 8. The smallest absolute Gasteiger partial charge is 0.252 e. The Morgan fingerprint density at radius 3 is 1.90 bits per heavy atom. The fourth-order valence-electron chi connectivity index (χ4n) is 6.91. The number of aromatic amines is 2. The first-order valence-electron chi connectivity index (χ1n) is 17.0. The molecule has 0 atom stereocenters. The van der Waals surface area contributed by atoms with E-state index < -0.39 is 0 Å². The lowest BCUT2D eigenvalue weighted by molar-refractivity contribution is 0.0954. The summed E-state index contributed by atoms with van der Waals surface area (Å²) in [6.45, 7) is 2.77. The number of allylic oxidation sites excluding steroid dienone is 2. The molecule has 246 valence electrons. The van der Waals surface area contributed by atoms with E-state index in [0.717, 1.165) is 75.0 Å². The molecule has 10 nitrogen and oxygen atoms in total. The standard InChI is InChI=1S/C39H33N9OS/c1-2-50-21-10-9-20-40-39(49)29-19-11-18-28-30(29)38-47-36-27-17-8-7-16-26(27)34(45-36)43-32-23-13-4-3-12-22(23)31(41-32)42-33-24-14-5-6-15-25(24)35(44-33)46-37(28)48-38/h3-8,11-13,16-19H,2,9-10,14-15,20-21H2,1H3,(H,40,49)(H2,41,42,43,44,45,46,47,48). The van der Waals surface area contributed by atoms with Crippen LogP contribution in [0.5, 0.6) is 0 Å². The van der Waals surface area contributed by atoms with Crippen LogP contribution in [0, 0.1) is 0 Å². The minimum Gasteiger partial charge on any atom is -0.352 e. The SMILES string of the molecule is CCSCCCCNC(=O)c1cccc2c1-c1nc-2nc2[nH]c(nc3nc(nc4[nH]c(n1)c1ccccc41)-c1ccccc1-3)c1c2CC=CC1. The van der Waals surface area contributed by atoms with Crippen LogP contribution in [0.3, 0.4) is 0 Å². The summed E-state index contributed by atoms with van der Waals surface area (Å²) < 4.78 is 0. The third-order valence-corrected chi connectivity index (χ3v) is 10.3. The van der Waals surface area contributed by atoms with Crippen LogP contribution in [0.4, 0.5) is 0 Å². The van der Waals surface area contributed by atoms with Crippen LogP contribution in [0.1, 0.15) is 41.3 Å². The van der Waals surface area contributed by atoms with Crippen LogP contribution in [-0.2, 0) is 12.8 Å². The molecular weight excluding hydrogens is 643 g/mol. The Morgan fingerprint density at radius 1 is 0.660 bits per heavy atom. The van der Waals surface area contributed by atoms with E-state index in [0.29, 0.717) is 64.3 Å². The van der Waals surface area contributed by atoms with E-state index in [1.165, 1.54) is 0 Å². The molecule has 2 aliphatic heterocycles. The molecule has 3 N–H and O–H groups in total. The molecular formula is C39H33N9OS. The lowest BCUT2D eigenvalue weighted by atomic mass is 10.0. The number of H-pyrrole nitrogens is 2. The van der Waals surface area contributed by atoms with Gasteiger partial charge < -0.3 is 15.3 Å². The number of carbonyl (C=O) groups is 1. The largest absolute Gasteiger partial charge is 0.352 e. The fourth-order valence-corrected chi connectivity index (χ4v) is 7.61. The highest BCUT2D eigenvalue weighted by molar-refractivity contribution is 7.99. The molecule has 1 aliphatic carbocycles. The zero-order valence-corrected chi connectivity index (χ0v) is 28.3. The maximum Gasteiger partial charge on any atom is 0.252 e. The summed E-state index contributed by atoms with van der Waals surface area (Å²) in [5.74, 6) is 4.11. The molecule has 50 heavy (non-hydrogen) atoms. The molecule has 8 bridgehead atoms. The predicted octanol–water partition coefficient (Wildman–Crippen LogP) is 7.63. The van der Waals surface area contributed by atoms with Crippen LogP contribution in [0.25, 0.3) is 78.9 Å². The lowest BCUT2D eigenvalue weighted by Crippen LogP contribution is -2.25. The van der Waals surface area contributed by atoms with E-state index in [2.05, 4.69) is 34.4 Å². The number of fused-ring (bicyclic) bond motifs is 20. The van der Waals surface area contributed by atoms with Gasteiger partial charge in [0.1, 0.15) is 22.6 Å². The number of benzene rings is 3. The molecule has 1 amide bonds. The average Bonchev–Trinajstić information content (AvgIpc) is 3.88. The quantitative estimate of drug-likeness (QED) is 0.116. The Balaban J connectivity index is 1.31. The number of rotatable bonds is 7. The van der Waals surface area contributed by atoms with Crippen molar-refractivity contribution < 1.29 is 4.79 Å². The van der Waals surface area contributed by atoms with Gasteiger partial charge in [0.15, 0.2) is 23.3 Å². The number of amides is 1. The second kappa shape index (κ2) is 12.6. The van der Waals surface area contributed by atoms with Gasteiger partial charge in [-0.15, -0.1) is 0 Å². The third-order valence-electron chi connectivity index (χ3n) is 9.34. The van der Waals surface area contributed by atoms with Crippen molar-refractivity contribution in [1.82, 2.24) is 45.2 Å². The second-order valence-corrected chi connectivity index (χ2v) is 13.8. The van der Waals surface area contributed by atoms with E-state index in [9.17, 15) is 4.79 Å². The maximum atomic E-state index is 13.8. The molecule has 0 saturated carbocycles. The Bertz CT molecular complexity index is 2530. The van der Waals surface area contributed by atoms with Gasteiger partial charge in [-0.3, -0.25) is 4.79 Å². The van der Waals surface area contributed by atoms with E-state index in [1.807, 2.05) is 78.5 Å². The summed E-state index contributed by atoms with van der Waals surface area (Å²) in [7, 11) is 0. The van der Waals surface area contributed by atoms with Gasteiger partial charge in [0.2, 0.25) is 0 Å². The summed E-state index contributed by atoms with van der Waals surface area (Å²) in [5, 5.41) is 4.92. The van der Waals surface area contributed by atoms with Crippen LogP contribution >= 0.6 is 11.8 Å². The van der Waals surface area contributed by atoms with Gasteiger partial charge in [-0.25, -0.2) is 29.9 Å². The van der Waals surface area contributed by atoms with Crippen LogP contribution in [0.15, 0.2) is 78.9 Å². The minimum atomic E-state index is -0.153. The van der Waals surface area contributed by atoms with Crippen molar-refractivity contribution in [2.24, 2.45) is 0 Å². The molecule has 9 rings (SSSR count). The second-order valence-electron chi connectivity index (χ2n) is 12.4. The van der Waals surface area contributed by atoms with Crippen molar-refractivity contribution in [3.8, 4) is 45.6 Å². The Hall–Kier alpha value is -5.68. The molecule has 5 heterocycles. The normalized spacial score (nSPS) is 12.8. The molecule has 3 aliphatic rings. The average molecular weight is 676 g/mol. The van der Waals surface area contributed by atoms with Crippen LogP contribution in [-0.4, -0.2) is 63.8 Å². The van der Waals surface area contributed by atoms with Crippen molar-refractivity contribution in [2.75, 3.05) is 18.1 Å². The number of nitrogens with one attached hydrogen (secondary N) is 3. The van der Waals surface area contributed by atoms with Gasteiger partial charge in [0, 0.05) is 50.7 Å². The number of hydrogen-bond acceptors (Lipinski definition) is 8. The summed E-state index contributed by atoms with van der Waals surface area (Å²) in [6.07, 6.45) is 7.73. The first-order chi connectivity index (χ1) is 24.7. The molecule has 6 aromatic rings. The number of carbonyl (C=O) groups excluding carboxylic acids is 1. The molecule has 3 aromatic carbocycles. The van der Waals surface area contributed by atoms with E-state index in [-0.39, 0.29) is 5.91 Å². The van der Waals surface area contributed by atoms with Crippen molar-refractivity contribution >= 4 is 51.0 Å². The summed E-state index contributed by atoms with van der Waals surface area (Å²) >= 11 is 1.92. The number of unbranched alkanes of at least 4 members (excludes halogenated alkanes) is 1. The van der Waals surface area contributed by atoms with Gasteiger partial charge >= 0.3 is 0 Å². The van der Waals surface area contributed by atoms with Gasteiger partial charge in [-0.1, -0.05) is 79.7 Å². The summed E-state index contributed by atoms with van der Waals surface area (Å²) in [4.78, 5) is 51.1. The predicted molar refractivity (Wildman–Crippen MR) is 200 cm³/mol.